The highest BCUT2D eigenvalue weighted by atomic mass is 19.1. The highest BCUT2D eigenvalue weighted by Crippen LogP contribution is 2.34. The van der Waals surface area contributed by atoms with E-state index in [1.165, 1.54) is 12.1 Å². The van der Waals surface area contributed by atoms with E-state index < -0.39 is 5.60 Å². The second-order valence-electron chi connectivity index (χ2n) is 7.42. The molecular weight excluding hydrogens is 337 g/mol. The van der Waals surface area contributed by atoms with Crippen molar-refractivity contribution in [2.24, 2.45) is 5.16 Å². The summed E-state index contributed by atoms with van der Waals surface area (Å²) in [5.41, 5.74) is 1.12. The number of nitrogens with zero attached hydrogens (tertiary/aromatic N) is 2. The Balaban J connectivity index is 1.27. The van der Waals surface area contributed by atoms with Gasteiger partial charge in [-0.05, 0) is 30.5 Å². The summed E-state index contributed by atoms with van der Waals surface area (Å²) < 4.78 is 18.5. The summed E-state index contributed by atoms with van der Waals surface area (Å²) in [5.74, 6) is -0.382. The maximum absolute atomic E-state index is 13.0. The van der Waals surface area contributed by atoms with Gasteiger partial charge in [-0.1, -0.05) is 17.3 Å². The zero-order valence-corrected chi connectivity index (χ0v) is 14.7. The topological polar surface area (TPSA) is 63.2 Å². The maximum atomic E-state index is 13.0. The first kappa shape index (κ1) is 17.4. The summed E-state index contributed by atoms with van der Waals surface area (Å²) in [4.78, 5) is 20.3. The number of nitrogens with one attached hydrogen (secondary N) is 1. The van der Waals surface area contributed by atoms with Crippen LogP contribution in [0.5, 0.6) is 0 Å². The number of likely N-dealkylation sites (tertiary alicyclic amines) is 1. The van der Waals surface area contributed by atoms with Crippen LogP contribution < -0.4 is 5.32 Å². The lowest BCUT2D eigenvalue weighted by Gasteiger charge is -2.21. The number of halogens is 1. The monoisotopic (exact) mass is 361 g/mol. The van der Waals surface area contributed by atoms with Gasteiger partial charge in [0.1, 0.15) is 11.5 Å². The van der Waals surface area contributed by atoms with Crippen LogP contribution in [0, 0.1) is 5.82 Å². The smallest absolute Gasteiger partial charge is 0.269 e. The van der Waals surface area contributed by atoms with Gasteiger partial charge >= 0.3 is 0 Å². The van der Waals surface area contributed by atoms with Crippen molar-refractivity contribution in [1.29, 1.82) is 0 Å². The molecule has 1 N–H and O–H groups in total. The average Bonchev–Trinajstić information content (AvgIpc) is 3.38. The zero-order valence-electron chi connectivity index (χ0n) is 14.7. The number of benzene rings is 1. The number of carbonyl (C=O) groups excluding carboxylic acids is 1. The summed E-state index contributed by atoms with van der Waals surface area (Å²) in [7, 11) is 0. The summed E-state index contributed by atoms with van der Waals surface area (Å²) in [6.45, 7) is 3.64. The number of amides is 1. The molecule has 0 aliphatic carbocycles. The minimum atomic E-state index is -0.406. The molecule has 0 aromatic heterocycles. The molecule has 0 radical (unpaired) electrons. The van der Waals surface area contributed by atoms with Gasteiger partial charge in [0, 0.05) is 45.6 Å². The molecule has 1 aromatic rings. The maximum Gasteiger partial charge on any atom is 0.269 e. The van der Waals surface area contributed by atoms with E-state index in [1.54, 1.807) is 12.1 Å². The molecule has 1 spiro atoms. The van der Waals surface area contributed by atoms with E-state index in [1.807, 2.05) is 0 Å². The average molecular weight is 361 g/mol. The van der Waals surface area contributed by atoms with Crippen molar-refractivity contribution in [1.82, 2.24) is 10.2 Å². The number of hydrogen-bond donors (Lipinski definition) is 1. The minimum absolute atomic E-state index is 0.119. The molecule has 1 aromatic carbocycles. The summed E-state index contributed by atoms with van der Waals surface area (Å²) in [5, 5.41) is 6.96. The Morgan fingerprint density at radius 3 is 3.00 bits per heavy atom. The van der Waals surface area contributed by atoms with Crippen molar-refractivity contribution in [3.8, 4) is 0 Å². The number of carbonyl (C=O) groups is 1. The van der Waals surface area contributed by atoms with Crippen LogP contribution in [-0.4, -0.2) is 54.5 Å². The summed E-state index contributed by atoms with van der Waals surface area (Å²) in [6, 6.07) is 6.56. The Bertz CT molecular complexity index is 688. The number of oxime groups is 1. The van der Waals surface area contributed by atoms with Gasteiger partial charge in [-0.3, -0.25) is 9.69 Å². The Kier molecular flexibility index (Phi) is 4.91. The van der Waals surface area contributed by atoms with E-state index in [-0.39, 0.29) is 17.8 Å². The lowest BCUT2D eigenvalue weighted by Crippen LogP contribution is -2.39. The normalized spacial score (nSPS) is 28.3. The number of hydrogen-bond acceptors (Lipinski definition) is 5. The fraction of sp³-hybridized carbons (Fsp3) is 0.579. The third-order valence-corrected chi connectivity index (χ3v) is 5.33. The molecule has 26 heavy (non-hydrogen) atoms. The third-order valence-electron chi connectivity index (χ3n) is 5.33. The molecule has 3 aliphatic rings. The van der Waals surface area contributed by atoms with Gasteiger partial charge in [0.15, 0.2) is 5.60 Å². The van der Waals surface area contributed by atoms with Crippen LogP contribution in [0.25, 0.3) is 0 Å². The first-order valence-electron chi connectivity index (χ1n) is 9.24. The largest absolute Gasteiger partial charge is 0.387 e. The van der Waals surface area contributed by atoms with Crippen molar-refractivity contribution in [3.05, 3.63) is 35.6 Å². The van der Waals surface area contributed by atoms with Gasteiger partial charge in [-0.15, -0.1) is 0 Å². The van der Waals surface area contributed by atoms with Crippen molar-refractivity contribution in [2.45, 2.75) is 43.9 Å². The summed E-state index contributed by atoms with van der Waals surface area (Å²) in [6.07, 6.45) is 3.53. The van der Waals surface area contributed by atoms with Gasteiger partial charge in [0.05, 0.1) is 6.10 Å². The van der Waals surface area contributed by atoms with Gasteiger partial charge in [-0.2, -0.15) is 0 Å². The quantitative estimate of drug-likeness (QED) is 0.869. The van der Waals surface area contributed by atoms with Crippen molar-refractivity contribution in [3.63, 3.8) is 0 Å². The molecule has 2 fully saturated rings. The molecule has 0 bridgehead atoms. The van der Waals surface area contributed by atoms with Gasteiger partial charge < -0.3 is 14.9 Å². The molecule has 3 aliphatic heterocycles. The molecule has 2 atom stereocenters. The Morgan fingerprint density at radius 1 is 1.38 bits per heavy atom. The van der Waals surface area contributed by atoms with Crippen LogP contribution in [-0.2, 0) is 20.9 Å². The van der Waals surface area contributed by atoms with E-state index >= 15 is 0 Å². The molecule has 140 valence electrons. The third kappa shape index (κ3) is 3.88. The van der Waals surface area contributed by atoms with Crippen LogP contribution in [0.2, 0.25) is 0 Å². The number of ether oxygens (including phenoxy) is 1. The predicted molar refractivity (Wildman–Crippen MR) is 94.1 cm³/mol. The Labute approximate surface area is 152 Å². The first-order chi connectivity index (χ1) is 12.6. The van der Waals surface area contributed by atoms with Crippen molar-refractivity contribution in [2.75, 3.05) is 26.2 Å². The minimum Gasteiger partial charge on any atom is -0.387 e. The molecule has 2 saturated heterocycles. The molecule has 4 rings (SSSR count). The van der Waals surface area contributed by atoms with E-state index in [0.717, 1.165) is 51.1 Å². The van der Waals surface area contributed by atoms with E-state index in [2.05, 4.69) is 15.4 Å². The second-order valence-corrected chi connectivity index (χ2v) is 7.42. The highest BCUT2D eigenvalue weighted by Gasteiger charge is 2.46. The molecule has 2 unspecified atom stereocenters. The molecule has 6 nitrogen and oxygen atoms in total. The Hall–Kier alpha value is -1.99. The molecule has 3 heterocycles. The lowest BCUT2D eigenvalue weighted by atomic mass is 9.96. The van der Waals surface area contributed by atoms with Crippen molar-refractivity contribution < 1.29 is 18.8 Å². The standard InChI is InChI=1S/C19H24FN3O3/c20-15-5-3-14(4-6-15)12-23-8-7-19(13-23)10-17(22-26-19)18(24)21-11-16-2-1-9-25-16/h3-6,16H,1-2,7-13H2,(H,21,24). The van der Waals surface area contributed by atoms with Crippen LogP contribution in [0.3, 0.4) is 0 Å². The molecule has 7 heteroatoms. The fourth-order valence-electron chi connectivity index (χ4n) is 3.89. The molecule has 1 amide bonds. The Morgan fingerprint density at radius 2 is 2.23 bits per heavy atom. The van der Waals surface area contributed by atoms with Crippen LogP contribution in [0.4, 0.5) is 4.39 Å². The summed E-state index contributed by atoms with van der Waals surface area (Å²) >= 11 is 0. The van der Waals surface area contributed by atoms with Gasteiger partial charge in [0.25, 0.3) is 5.91 Å². The lowest BCUT2D eigenvalue weighted by molar-refractivity contribution is -0.115. The van der Waals surface area contributed by atoms with E-state index in [4.69, 9.17) is 9.57 Å². The first-order valence-corrected chi connectivity index (χ1v) is 9.24. The van der Waals surface area contributed by atoms with E-state index in [0.29, 0.717) is 18.7 Å². The fourth-order valence-corrected chi connectivity index (χ4v) is 3.89. The van der Waals surface area contributed by atoms with Crippen molar-refractivity contribution >= 4 is 11.6 Å². The highest BCUT2D eigenvalue weighted by molar-refractivity contribution is 6.39. The van der Waals surface area contributed by atoms with Crippen LogP contribution in [0.1, 0.15) is 31.2 Å². The number of rotatable bonds is 5. The second kappa shape index (κ2) is 7.32. The SMILES string of the molecule is O=C(NCC1CCCO1)C1=NOC2(CCN(Cc3ccc(F)cc3)C2)C1. The van der Waals surface area contributed by atoms with Crippen LogP contribution >= 0.6 is 0 Å². The van der Waals surface area contributed by atoms with Gasteiger partial charge in [-0.25, -0.2) is 4.39 Å². The predicted octanol–water partition coefficient (Wildman–Crippen LogP) is 1.84. The van der Waals surface area contributed by atoms with Crippen LogP contribution in [0.15, 0.2) is 29.4 Å². The molecule has 0 saturated carbocycles. The molecular formula is C19H24FN3O3. The van der Waals surface area contributed by atoms with Gasteiger partial charge in [0.2, 0.25) is 0 Å². The zero-order chi connectivity index (χ0) is 18.0. The van der Waals surface area contributed by atoms with E-state index in [9.17, 15) is 9.18 Å².